The largest absolute Gasteiger partial charge is 0.381 e. The van der Waals surface area contributed by atoms with Crippen molar-refractivity contribution in [3.05, 3.63) is 0 Å². The minimum Gasteiger partial charge on any atom is -0.381 e. The van der Waals surface area contributed by atoms with E-state index >= 15 is 0 Å². The molecule has 0 aliphatic carbocycles. The van der Waals surface area contributed by atoms with Crippen molar-refractivity contribution in [1.82, 2.24) is 24.9 Å². The van der Waals surface area contributed by atoms with Crippen LogP contribution < -0.4 is 5.32 Å². The zero-order valence-electron chi connectivity index (χ0n) is 20.6. The van der Waals surface area contributed by atoms with Crippen molar-refractivity contribution in [2.24, 2.45) is 4.99 Å². The summed E-state index contributed by atoms with van der Waals surface area (Å²) in [5, 5.41) is 3.73. The van der Waals surface area contributed by atoms with Gasteiger partial charge in [-0.05, 0) is 51.6 Å². The molecule has 0 aromatic carbocycles. The number of hydrogen-bond acceptors (Lipinski definition) is 5. The van der Waals surface area contributed by atoms with Gasteiger partial charge in [0.25, 0.3) is 0 Å². The molecule has 9 heteroatoms. The highest BCUT2D eigenvalue weighted by molar-refractivity contribution is 14.0. The van der Waals surface area contributed by atoms with Gasteiger partial charge in [-0.15, -0.1) is 24.0 Å². The van der Waals surface area contributed by atoms with Crippen molar-refractivity contribution in [1.29, 1.82) is 0 Å². The fourth-order valence-electron chi connectivity index (χ4n) is 5.85. The van der Waals surface area contributed by atoms with Crippen LogP contribution in [0.1, 0.15) is 51.4 Å². The molecule has 4 fully saturated rings. The van der Waals surface area contributed by atoms with E-state index in [1.54, 1.807) is 0 Å². The van der Waals surface area contributed by atoms with Crippen LogP contribution in [-0.2, 0) is 9.53 Å². The summed E-state index contributed by atoms with van der Waals surface area (Å²) in [6.07, 6.45) is 9.68. The maximum Gasteiger partial charge on any atom is 0.236 e. The lowest BCUT2D eigenvalue weighted by molar-refractivity contribution is -0.132. The Balaban J connectivity index is 0.00000306. The zero-order chi connectivity index (χ0) is 22.2. The summed E-state index contributed by atoms with van der Waals surface area (Å²) in [6.45, 7) is 11.2. The lowest BCUT2D eigenvalue weighted by atomic mass is 9.88. The van der Waals surface area contributed by atoms with E-state index in [4.69, 9.17) is 4.74 Å². The number of nitrogens with one attached hydrogen (secondary N) is 1. The summed E-state index contributed by atoms with van der Waals surface area (Å²) in [7, 11) is 1.89. The quantitative estimate of drug-likeness (QED) is 0.307. The van der Waals surface area contributed by atoms with E-state index < -0.39 is 0 Å². The number of carbonyl (C=O) groups is 1. The van der Waals surface area contributed by atoms with Crippen LogP contribution in [-0.4, -0.2) is 123 Å². The number of guanidine groups is 1. The molecule has 190 valence electrons. The highest BCUT2D eigenvalue weighted by Gasteiger charge is 2.40. The predicted octanol–water partition coefficient (Wildman–Crippen LogP) is 1.85. The molecule has 33 heavy (non-hydrogen) atoms. The van der Waals surface area contributed by atoms with Crippen LogP contribution in [0.3, 0.4) is 0 Å². The maximum atomic E-state index is 12.7. The number of ether oxygens (including phenoxy) is 1. The maximum absolute atomic E-state index is 12.7. The second kappa shape index (κ2) is 13.4. The van der Waals surface area contributed by atoms with Gasteiger partial charge in [-0.25, -0.2) is 0 Å². The molecular weight excluding hydrogens is 531 g/mol. The Labute approximate surface area is 217 Å². The van der Waals surface area contributed by atoms with Gasteiger partial charge in [-0.3, -0.25) is 19.6 Å². The molecule has 4 aliphatic rings. The van der Waals surface area contributed by atoms with E-state index in [0.717, 1.165) is 90.7 Å². The third kappa shape index (κ3) is 7.18. The van der Waals surface area contributed by atoms with E-state index in [2.05, 4.69) is 29.9 Å². The number of piperazine rings is 1. The molecular formula is C24H45IN6O2. The summed E-state index contributed by atoms with van der Waals surface area (Å²) in [5.74, 6) is 1.32. The Morgan fingerprint density at radius 3 is 2.06 bits per heavy atom. The van der Waals surface area contributed by atoms with Gasteiger partial charge in [0.15, 0.2) is 5.96 Å². The molecule has 1 amide bonds. The Kier molecular flexibility index (Phi) is 11.0. The molecule has 0 bridgehead atoms. The smallest absolute Gasteiger partial charge is 0.236 e. The number of amides is 1. The normalized spacial score (nSPS) is 25.4. The molecule has 4 aliphatic heterocycles. The van der Waals surface area contributed by atoms with Crippen LogP contribution in [0.15, 0.2) is 4.99 Å². The van der Waals surface area contributed by atoms with Crippen LogP contribution >= 0.6 is 24.0 Å². The number of halogens is 1. The lowest BCUT2D eigenvalue weighted by Crippen LogP contribution is -2.60. The first-order chi connectivity index (χ1) is 15.7. The molecule has 0 aromatic rings. The van der Waals surface area contributed by atoms with E-state index in [1.165, 1.54) is 38.8 Å². The summed E-state index contributed by atoms with van der Waals surface area (Å²) in [6, 6.07) is 0. The van der Waals surface area contributed by atoms with Gasteiger partial charge in [-0.2, -0.15) is 0 Å². The SMILES string of the molecule is CN=C(NCC1(N2CCCC2)CCOCC1)N1CCN(CC(=O)N2CCCCCC2)CC1.I. The number of aliphatic imine (C=N–C) groups is 1. The van der Waals surface area contributed by atoms with Crippen LogP contribution in [0.2, 0.25) is 0 Å². The van der Waals surface area contributed by atoms with Gasteiger partial charge in [0, 0.05) is 71.6 Å². The Bertz CT molecular complexity index is 620. The van der Waals surface area contributed by atoms with E-state index in [9.17, 15) is 4.79 Å². The third-order valence-corrected chi connectivity index (χ3v) is 7.98. The molecule has 8 nitrogen and oxygen atoms in total. The van der Waals surface area contributed by atoms with Gasteiger partial charge in [0.2, 0.25) is 5.91 Å². The summed E-state index contributed by atoms with van der Waals surface area (Å²) >= 11 is 0. The monoisotopic (exact) mass is 576 g/mol. The van der Waals surface area contributed by atoms with Crippen LogP contribution in [0, 0.1) is 0 Å². The minimum atomic E-state index is 0. The van der Waals surface area contributed by atoms with Crippen molar-refractivity contribution in [2.45, 2.75) is 56.9 Å². The molecule has 0 unspecified atom stereocenters. The Hall–Kier alpha value is -0.650. The minimum absolute atomic E-state index is 0. The van der Waals surface area contributed by atoms with Gasteiger partial charge < -0.3 is 19.9 Å². The van der Waals surface area contributed by atoms with Gasteiger partial charge in [0.1, 0.15) is 0 Å². The Morgan fingerprint density at radius 2 is 1.45 bits per heavy atom. The molecule has 4 heterocycles. The van der Waals surface area contributed by atoms with Crippen molar-refractivity contribution in [3.8, 4) is 0 Å². The predicted molar refractivity (Wildman–Crippen MR) is 143 cm³/mol. The highest BCUT2D eigenvalue weighted by Crippen LogP contribution is 2.30. The van der Waals surface area contributed by atoms with Crippen LogP contribution in [0.5, 0.6) is 0 Å². The first-order valence-corrected chi connectivity index (χ1v) is 13.0. The first kappa shape index (κ1) is 26.9. The fourth-order valence-corrected chi connectivity index (χ4v) is 5.85. The lowest BCUT2D eigenvalue weighted by Gasteiger charge is -2.45. The number of carbonyl (C=O) groups excluding carboxylic acids is 1. The van der Waals surface area contributed by atoms with Gasteiger partial charge in [0.05, 0.1) is 6.54 Å². The zero-order valence-corrected chi connectivity index (χ0v) is 22.9. The molecule has 0 aromatic heterocycles. The average Bonchev–Trinajstić information content (AvgIpc) is 3.24. The first-order valence-electron chi connectivity index (χ1n) is 13.0. The molecule has 4 saturated heterocycles. The summed E-state index contributed by atoms with van der Waals surface area (Å²) < 4.78 is 5.70. The second-order valence-electron chi connectivity index (χ2n) is 9.99. The van der Waals surface area contributed by atoms with Crippen molar-refractivity contribution in [2.75, 3.05) is 85.7 Å². The second-order valence-corrected chi connectivity index (χ2v) is 9.99. The average molecular weight is 577 g/mol. The topological polar surface area (TPSA) is 63.7 Å². The van der Waals surface area contributed by atoms with Crippen LogP contribution in [0.4, 0.5) is 0 Å². The number of likely N-dealkylation sites (tertiary alicyclic amines) is 2. The molecule has 0 radical (unpaired) electrons. The van der Waals surface area contributed by atoms with Gasteiger partial charge >= 0.3 is 0 Å². The number of rotatable bonds is 5. The van der Waals surface area contributed by atoms with Crippen molar-refractivity contribution >= 4 is 35.8 Å². The molecule has 0 atom stereocenters. The van der Waals surface area contributed by atoms with E-state index in [-0.39, 0.29) is 29.5 Å². The summed E-state index contributed by atoms with van der Waals surface area (Å²) in [4.78, 5) is 26.8. The van der Waals surface area contributed by atoms with Gasteiger partial charge in [-0.1, -0.05) is 12.8 Å². The molecule has 0 saturated carbocycles. The van der Waals surface area contributed by atoms with E-state index in [0.29, 0.717) is 12.5 Å². The van der Waals surface area contributed by atoms with Crippen molar-refractivity contribution < 1.29 is 9.53 Å². The van der Waals surface area contributed by atoms with Crippen molar-refractivity contribution in [3.63, 3.8) is 0 Å². The molecule has 0 spiro atoms. The fraction of sp³-hybridized carbons (Fsp3) is 0.917. The molecule has 1 N–H and O–H groups in total. The highest BCUT2D eigenvalue weighted by atomic mass is 127. The van der Waals surface area contributed by atoms with E-state index in [1.807, 2.05) is 7.05 Å². The summed E-state index contributed by atoms with van der Waals surface area (Å²) in [5.41, 5.74) is 0.200. The van der Waals surface area contributed by atoms with Crippen LogP contribution in [0.25, 0.3) is 0 Å². The standard InChI is InChI=1S/C24H44N6O2.HI/c1-25-23(26-21-24(8-18-32-19-9-24)30-12-6-7-13-30)29-16-14-27(15-17-29)20-22(31)28-10-4-2-3-5-11-28;/h2-21H2,1H3,(H,25,26);1H. The Morgan fingerprint density at radius 1 is 0.848 bits per heavy atom. The third-order valence-electron chi connectivity index (χ3n) is 7.98. The molecule has 4 rings (SSSR count). The number of hydrogen-bond donors (Lipinski definition) is 1. The number of nitrogens with zero attached hydrogens (tertiary/aromatic N) is 5.